The molecule has 1 saturated heterocycles. The van der Waals surface area contributed by atoms with Crippen LogP contribution in [0.5, 0.6) is 11.5 Å². The van der Waals surface area contributed by atoms with Gasteiger partial charge in [0, 0.05) is 31.9 Å². The maximum atomic E-state index is 12.6. The quantitative estimate of drug-likeness (QED) is 0.691. The van der Waals surface area contributed by atoms with Crippen LogP contribution in [0.15, 0.2) is 78.9 Å². The Balaban J connectivity index is 1.37. The molecule has 30 heavy (non-hydrogen) atoms. The third-order valence-electron chi connectivity index (χ3n) is 5.01. The molecule has 0 spiro atoms. The largest absolute Gasteiger partial charge is 0.455 e. The Morgan fingerprint density at radius 3 is 2.23 bits per heavy atom. The van der Waals surface area contributed by atoms with E-state index in [-0.39, 0.29) is 6.03 Å². The van der Waals surface area contributed by atoms with Crippen LogP contribution in [0.3, 0.4) is 0 Å². The van der Waals surface area contributed by atoms with Crippen molar-refractivity contribution >= 4 is 17.4 Å². The molecule has 2 amide bonds. The van der Waals surface area contributed by atoms with E-state index in [1.165, 1.54) is 0 Å². The number of anilines is 2. The normalized spacial score (nSPS) is 13.4. The second-order valence-corrected chi connectivity index (χ2v) is 6.98. The van der Waals surface area contributed by atoms with Gasteiger partial charge >= 0.3 is 6.03 Å². The van der Waals surface area contributed by atoms with Gasteiger partial charge in [-0.15, -0.1) is 0 Å². The summed E-state index contributed by atoms with van der Waals surface area (Å²) in [6.45, 7) is 2.66. The number of carbonyl (C=O) groups excluding carboxylic acids is 1. The number of piperazine rings is 1. The van der Waals surface area contributed by atoms with Crippen LogP contribution in [0.25, 0.3) is 0 Å². The number of para-hydroxylation sites is 3. The first-order chi connectivity index (χ1) is 14.7. The Kier molecular flexibility index (Phi) is 5.81. The monoisotopic (exact) mass is 398 g/mol. The van der Waals surface area contributed by atoms with E-state index in [4.69, 9.17) is 10.00 Å². The fourth-order valence-corrected chi connectivity index (χ4v) is 3.40. The van der Waals surface area contributed by atoms with Crippen LogP contribution in [0.1, 0.15) is 5.56 Å². The molecule has 1 fully saturated rings. The number of ether oxygens (including phenoxy) is 1. The smallest absolute Gasteiger partial charge is 0.321 e. The van der Waals surface area contributed by atoms with E-state index < -0.39 is 0 Å². The zero-order valence-corrected chi connectivity index (χ0v) is 16.5. The lowest BCUT2D eigenvalue weighted by molar-refractivity contribution is 0.208. The standard InChI is InChI=1S/C24H22N4O2/c25-18-19-10-12-20(13-11-19)26-24(29)28-16-14-27(15-17-28)22-8-4-5-9-23(22)30-21-6-2-1-3-7-21/h1-13H,14-17H2,(H,26,29). The highest BCUT2D eigenvalue weighted by Gasteiger charge is 2.23. The SMILES string of the molecule is N#Cc1ccc(NC(=O)N2CCN(c3ccccc3Oc3ccccc3)CC2)cc1. The van der Waals surface area contributed by atoms with Crippen molar-refractivity contribution in [3.63, 3.8) is 0 Å². The van der Waals surface area contributed by atoms with Crippen molar-refractivity contribution < 1.29 is 9.53 Å². The number of nitrogens with one attached hydrogen (secondary N) is 1. The van der Waals surface area contributed by atoms with Crippen LogP contribution in [-0.4, -0.2) is 37.1 Å². The molecule has 6 nitrogen and oxygen atoms in total. The number of rotatable bonds is 4. The number of hydrogen-bond donors (Lipinski definition) is 1. The molecule has 0 aromatic heterocycles. The van der Waals surface area contributed by atoms with E-state index in [0.717, 1.165) is 30.3 Å². The third-order valence-corrected chi connectivity index (χ3v) is 5.01. The van der Waals surface area contributed by atoms with Crippen molar-refractivity contribution in [1.82, 2.24) is 4.90 Å². The average Bonchev–Trinajstić information content (AvgIpc) is 2.81. The molecule has 0 bridgehead atoms. The molecule has 1 aliphatic rings. The molecular formula is C24H22N4O2. The molecule has 4 rings (SSSR count). The molecule has 1 aliphatic heterocycles. The van der Waals surface area contributed by atoms with Gasteiger partial charge in [-0.2, -0.15) is 5.26 Å². The second-order valence-electron chi connectivity index (χ2n) is 6.98. The lowest BCUT2D eigenvalue weighted by Gasteiger charge is -2.36. The summed E-state index contributed by atoms with van der Waals surface area (Å²) in [5, 5.41) is 11.8. The van der Waals surface area contributed by atoms with Gasteiger partial charge in [0.2, 0.25) is 0 Å². The molecule has 6 heteroatoms. The van der Waals surface area contributed by atoms with Gasteiger partial charge in [-0.3, -0.25) is 0 Å². The number of hydrogen-bond acceptors (Lipinski definition) is 4. The highest BCUT2D eigenvalue weighted by molar-refractivity contribution is 5.89. The summed E-state index contributed by atoms with van der Waals surface area (Å²) in [5.41, 5.74) is 2.27. The molecule has 0 saturated carbocycles. The van der Waals surface area contributed by atoms with Gasteiger partial charge in [-0.25, -0.2) is 4.79 Å². The van der Waals surface area contributed by atoms with Gasteiger partial charge in [0.1, 0.15) is 5.75 Å². The summed E-state index contributed by atoms with van der Waals surface area (Å²) in [6.07, 6.45) is 0. The van der Waals surface area contributed by atoms with E-state index in [9.17, 15) is 4.79 Å². The van der Waals surface area contributed by atoms with Crippen LogP contribution in [-0.2, 0) is 0 Å². The summed E-state index contributed by atoms with van der Waals surface area (Å²) in [4.78, 5) is 16.6. The maximum Gasteiger partial charge on any atom is 0.321 e. The van der Waals surface area contributed by atoms with Gasteiger partial charge in [0.05, 0.1) is 17.3 Å². The van der Waals surface area contributed by atoms with Crippen LogP contribution < -0.4 is 15.0 Å². The minimum atomic E-state index is -0.131. The van der Waals surface area contributed by atoms with E-state index in [1.54, 1.807) is 29.2 Å². The average molecular weight is 398 g/mol. The number of carbonyl (C=O) groups is 1. The Hall–Kier alpha value is -3.98. The second kappa shape index (κ2) is 9.01. The highest BCUT2D eigenvalue weighted by atomic mass is 16.5. The predicted octanol–water partition coefficient (Wildman–Crippen LogP) is 4.70. The first-order valence-electron chi connectivity index (χ1n) is 9.86. The van der Waals surface area contributed by atoms with Crippen molar-refractivity contribution in [2.45, 2.75) is 0 Å². The van der Waals surface area contributed by atoms with E-state index >= 15 is 0 Å². The molecule has 0 aliphatic carbocycles. The molecule has 3 aromatic rings. The van der Waals surface area contributed by atoms with Crippen molar-refractivity contribution in [2.24, 2.45) is 0 Å². The van der Waals surface area contributed by atoms with Crippen LogP contribution in [0.2, 0.25) is 0 Å². The molecule has 3 aromatic carbocycles. The summed E-state index contributed by atoms with van der Waals surface area (Å²) < 4.78 is 6.08. The number of nitrogens with zero attached hydrogens (tertiary/aromatic N) is 3. The lowest BCUT2D eigenvalue weighted by Crippen LogP contribution is -2.50. The van der Waals surface area contributed by atoms with Crippen molar-refractivity contribution in [2.75, 3.05) is 36.4 Å². The number of urea groups is 1. The van der Waals surface area contributed by atoms with E-state index in [2.05, 4.69) is 16.3 Å². The Morgan fingerprint density at radius 1 is 0.867 bits per heavy atom. The van der Waals surface area contributed by atoms with Gasteiger partial charge in [-0.05, 0) is 48.5 Å². The topological polar surface area (TPSA) is 68.6 Å². The van der Waals surface area contributed by atoms with Crippen LogP contribution >= 0.6 is 0 Å². The lowest BCUT2D eigenvalue weighted by atomic mass is 10.2. The Morgan fingerprint density at radius 2 is 1.53 bits per heavy atom. The zero-order valence-electron chi connectivity index (χ0n) is 16.5. The Bertz CT molecular complexity index is 1040. The predicted molar refractivity (Wildman–Crippen MR) is 117 cm³/mol. The molecule has 0 atom stereocenters. The summed E-state index contributed by atoms with van der Waals surface area (Å²) >= 11 is 0. The summed E-state index contributed by atoms with van der Waals surface area (Å²) in [6, 6.07) is 26.5. The number of amides is 2. The highest BCUT2D eigenvalue weighted by Crippen LogP contribution is 2.32. The molecule has 1 heterocycles. The minimum Gasteiger partial charge on any atom is -0.455 e. The third kappa shape index (κ3) is 4.53. The molecular weight excluding hydrogens is 376 g/mol. The minimum absolute atomic E-state index is 0.131. The molecule has 0 radical (unpaired) electrons. The molecule has 0 unspecified atom stereocenters. The first-order valence-corrected chi connectivity index (χ1v) is 9.86. The van der Waals surface area contributed by atoms with Gasteiger partial charge in [-0.1, -0.05) is 30.3 Å². The van der Waals surface area contributed by atoms with Crippen molar-refractivity contribution in [3.05, 3.63) is 84.4 Å². The van der Waals surface area contributed by atoms with E-state index in [1.807, 2.05) is 54.6 Å². The van der Waals surface area contributed by atoms with Gasteiger partial charge in [0.15, 0.2) is 5.75 Å². The maximum absolute atomic E-state index is 12.6. The zero-order chi connectivity index (χ0) is 20.8. The number of nitriles is 1. The Labute approximate surface area is 175 Å². The van der Waals surface area contributed by atoms with Crippen molar-refractivity contribution in [3.8, 4) is 17.6 Å². The summed E-state index contributed by atoms with van der Waals surface area (Å²) in [7, 11) is 0. The molecule has 150 valence electrons. The van der Waals surface area contributed by atoms with Crippen LogP contribution in [0.4, 0.5) is 16.2 Å². The fourth-order valence-electron chi connectivity index (χ4n) is 3.40. The molecule has 1 N–H and O–H groups in total. The fraction of sp³-hybridized carbons (Fsp3) is 0.167. The van der Waals surface area contributed by atoms with Crippen molar-refractivity contribution in [1.29, 1.82) is 5.26 Å². The summed E-state index contributed by atoms with van der Waals surface area (Å²) in [5.74, 6) is 1.60. The van der Waals surface area contributed by atoms with E-state index in [0.29, 0.717) is 24.3 Å². The van der Waals surface area contributed by atoms with Gasteiger partial charge < -0.3 is 19.9 Å². The number of benzene rings is 3. The first kappa shape index (κ1) is 19.3. The van der Waals surface area contributed by atoms with Gasteiger partial charge in [0.25, 0.3) is 0 Å². The van der Waals surface area contributed by atoms with Crippen LogP contribution in [0, 0.1) is 11.3 Å².